The Morgan fingerprint density at radius 3 is 2.29 bits per heavy atom. The van der Waals surface area contributed by atoms with Crippen LogP contribution in [0.25, 0.3) is 0 Å². The second kappa shape index (κ2) is 8.44. The van der Waals surface area contributed by atoms with E-state index in [2.05, 4.69) is 6.92 Å². The van der Waals surface area contributed by atoms with E-state index in [1.54, 1.807) is 0 Å². The molecule has 0 aliphatic heterocycles. The van der Waals surface area contributed by atoms with E-state index in [9.17, 15) is 4.79 Å². The molecular formula is C12H24O5. The molecule has 0 bridgehead atoms. The average Bonchev–Trinajstić information content (AvgIpc) is 2.24. The van der Waals surface area contributed by atoms with E-state index < -0.39 is 11.9 Å². The molecule has 0 aliphatic carbocycles. The van der Waals surface area contributed by atoms with Crippen molar-refractivity contribution in [3.05, 3.63) is 0 Å². The van der Waals surface area contributed by atoms with Crippen molar-refractivity contribution in [2.45, 2.75) is 58.3 Å². The molecule has 0 saturated carbocycles. The van der Waals surface area contributed by atoms with Crippen LogP contribution in [0.5, 0.6) is 0 Å². The van der Waals surface area contributed by atoms with Gasteiger partial charge in [-0.15, -0.1) is 0 Å². The molecule has 0 aromatic heterocycles. The number of esters is 1. The van der Waals surface area contributed by atoms with Gasteiger partial charge in [-0.25, -0.2) is 0 Å². The first-order valence-electron chi connectivity index (χ1n) is 6.20. The average molecular weight is 248 g/mol. The molecule has 0 rings (SSSR count). The van der Waals surface area contributed by atoms with Crippen molar-refractivity contribution in [2.75, 3.05) is 6.61 Å². The molecule has 3 N–H and O–H groups in total. The summed E-state index contributed by atoms with van der Waals surface area (Å²) >= 11 is 0. The van der Waals surface area contributed by atoms with Crippen LogP contribution >= 0.6 is 0 Å². The molecule has 0 radical (unpaired) electrons. The molecule has 17 heavy (non-hydrogen) atoms. The Bertz CT molecular complexity index is 209. The van der Waals surface area contributed by atoms with E-state index in [0.717, 1.165) is 25.7 Å². The molecule has 102 valence electrons. The number of carbonyl (C=O) groups excluding carboxylic acids is 1. The first-order chi connectivity index (χ1) is 7.88. The Balaban J connectivity index is 3.53. The van der Waals surface area contributed by atoms with Crippen molar-refractivity contribution in [1.82, 2.24) is 0 Å². The predicted octanol–water partition coefficient (Wildman–Crippen LogP) is 1.16. The van der Waals surface area contributed by atoms with Crippen LogP contribution in [-0.2, 0) is 9.53 Å². The number of aliphatic hydroxyl groups is 3. The molecule has 1 unspecified atom stereocenters. The molecule has 0 saturated heterocycles. The monoisotopic (exact) mass is 248 g/mol. The third-order valence-corrected chi connectivity index (χ3v) is 2.64. The van der Waals surface area contributed by atoms with Crippen molar-refractivity contribution >= 4 is 5.97 Å². The van der Waals surface area contributed by atoms with Gasteiger partial charge in [-0.3, -0.25) is 4.79 Å². The first-order valence-corrected chi connectivity index (χ1v) is 6.20. The fourth-order valence-corrected chi connectivity index (χ4v) is 1.27. The molecule has 5 nitrogen and oxygen atoms in total. The second-order valence-electron chi connectivity index (χ2n) is 4.44. The number of ether oxygens (including phenoxy) is 1. The van der Waals surface area contributed by atoms with Gasteiger partial charge < -0.3 is 20.1 Å². The number of hydrogen-bond donors (Lipinski definition) is 3. The molecule has 0 fully saturated rings. The molecule has 0 amide bonds. The highest BCUT2D eigenvalue weighted by atomic mass is 16.7. The lowest BCUT2D eigenvalue weighted by atomic mass is 10.1. The second-order valence-corrected chi connectivity index (χ2v) is 4.44. The molecule has 1 atom stereocenters. The first kappa shape index (κ1) is 16.4. The van der Waals surface area contributed by atoms with Gasteiger partial charge in [0, 0.05) is 6.42 Å². The molecule has 0 aliphatic rings. The van der Waals surface area contributed by atoms with Gasteiger partial charge in [-0.1, -0.05) is 39.5 Å². The molecule has 0 aromatic carbocycles. The van der Waals surface area contributed by atoms with Crippen LogP contribution < -0.4 is 0 Å². The highest BCUT2D eigenvalue weighted by Crippen LogP contribution is 2.11. The van der Waals surface area contributed by atoms with Gasteiger partial charge >= 0.3 is 5.97 Å². The maximum absolute atomic E-state index is 11.2. The zero-order valence-electron chi connectivity index (χ0n) is 10.7. The van der Waals surface area contributed by atoms with E-state index in [-0.39, 0.29) is 12.6 Å². The summed E-state index contributed by atoms with van der Waals surface area (Å²) in [5.41, 5.74) is 0. The van der Waals surface area contributed by atoms with E-state index in [1.807, 2.05) is 0 Å². The Kier molecular flexibility index (Phi) is 8.12. The number of unbranched alkanes of at least 4 members (excludes halogenated alkanes) is 4. The van der Waals surface area contributed by atoms with Gasteiger partial charge in [0.15, 0.2) is 0 Å². The van der Waals surface area contributed by atoms with E-state index in [1.165, 1.54) is 13.3 Å². The SMILES string of the molecule is CCCCCCCC(=O)OCC(C)C(O)(O)O. The third-order valence-electron chi connectivity index (χ3n) is 2.64. The molecule has 0 spiro atoms. The van der Waals surface area contributed by atoms with Gasteiger partial charge in [0.1, 0.15) is 6.61 Å². The molecule has 0 aromatic rings. The fraction of sp³-hybridized carbons (Fsp3) is 0.917. The highest BCUT2D eigenvalue weighted by Gasteiger charge is 2.28. The van der Waals surface area contributed by atoms with Crippen LogP contribution in [0.1, 0.15) is 52.4 Å². The lowest BCUT2D eigenvalue weighted by Crippen LogP contribution is -2.38. The Morgan fingerprint density at radius 2 is 1.76 bits per heavy atom. The van der Waals surface area contributed by atoms with Crippen molar-refractivity contribution in [3.8, 4) is 0 Å². The van der Waals surface area contributed by atoms with Crippen molar-refractivity contribution in [2.24, 2.45) is 5.92 Å². The zero-order valence-corrected chi connectivity index (χ0v) is 10.7. The Morgan fingerprint density at radius 1 is 1.18 bits per heavy atom. The van der Waals surface area contributed by atoms with Gasteiger partial charge in [0.25, 0.3) is 5.97 Å². The minimum atomic E-state index is -2.79. The fourth-order valence-electron chi connectivity index (χ4n) is 1.27. The minimum absolute atomic E-state index is 0.197. The van der Waals surface area contributed by atoms with Crippen LogP contribution in [0, 0.1) is 5.92 Å². The topological polar surface area (TPSA) is 87.0 Å². The summed E-state index contributed by atoms with van der Waals surface area (Å²) < 4.78 is 4.82. The number of rotatable bonds is 9. The quantitative estimate of drug-likeness (QED) is 0.324. The van der Waals surface area contributed by atoms with Crippen molar-refractivity contribution in [1.29, 1.82) is 0 Å². The summed E-state index contributed by atoms with van der Waals surface area (Å²) in [6.45, 7) is 3.31. The molecule has 5 heteroatoms. The number of carbonyl (C=O) groups is 1. The van der Waals surface area contributed by atoms with Gasteiger partial charge in [-0.2, -0.15) is 0 Å². The van der Waals surface area contributed by atoms with Gasteiger partial charge in [-0.05, 0) is 6.42 Å². The van der Waals surface area contributed by atoms with Gasteiger partial charge in [0.05, 0.1) is 5.92 Å². The smallest absolute Gasteiger partial charge is 0.305 e. The summed E-state index contributed by atoms with van der Waals surface area (Å²) in [4.78, 5) is 11.2. The van der Waals surface area contributed by atoms with Crippen LogP contribution in [-0.4, -0.2) is 33.9 Å². The van der Waals surface area contributed by atoms with Gasteiger partial charge in [0.2, 0.25) is 0 Å². The van der Waals surface area contributed by atoms with Crippen LogP contribution in [0.15, 0.2) is 0 Å². The standard InChI is InChI=1S/C12H24O5/c1-3-4-5-6-7-8-11(13)17-9-10(2)12(14,15)16/h10,14-16H,3-9H2,1-2H3. The summed E-state index contributed by atoms with van der Waals surface area (Å²) in [6.07, 6.45) is 5.58. The summed E-state index contributed by atoms with van der Waals surface area (Å²) in [7, 11) is 0. The zero-order chi connectivity index (χ0) is 13.3. The van der Waals surface area contributed by atoms with Crippen LogP contribution in [0.2, 0.25) is 0 Å². The minimum Gasteiger partial charge on any atom is -0.465 e. The van der Waals surface area contributed by atoms with Crippen LogP contribution in [0.4, 0.5) is 0 Å². The lowest BCUT2D eigenvalue weighted by Gasteiger charge is -2.21. The summed E-state index contributed by atoms with van der Waals surface area (Å²) in [5.74, 6) is -4.08. The largest absolute Gasteiger partial charge is 0.465 e. The highest BCUT2D eigenvalue weighted by molar-refractivity contribution is 5.69. The lowest BCUT2D eigenvalue weighted by molar-refractivity contribution is -0.342. The Hall–Kier alpha value is -0.650. The maximum atomic E-state index is 11.2. The van der Waals surface area contributed by atoms with Crippen molar-refractivity contribution in [3.63, 3.8) is 0 Å². The third kappa shape index (κ3) is 9.09. The normalized spacial score (nSPS) is 13.5. The Labute approximate surface area is 102 Å². The molecular weight excluding hydrogens is 224 g/mol. The van der Waals surface area contributed by atoms with E-state index >= 15 is 0 Å². The van der Waals surface area contributed by atoms with Crippen LogP contribution in [0.3, 0.4) is 0 Å². The van der Waals surface area contributed by atoms with E-state index in [4.69, 9.17) is 20.1 Å². The number of hydrogen-bond acceptors (Lipinski definition) is 5. The molecule has 0 heterocycles. The van der Waals surface area contributed by atoms with Crippen molar-refractivity contribution < 1.29 is 24.9 Å². The van der Waals surface area contributed by atoms with E-state index in [0.29, 0.717) is 6.42 Å². The summed E-state index contributed by atoms with van der Waals surface area (Å²) in [5, 5.41) is 26.4. The summed E-state index contributed by atoms with van der Waals surface area (Å²) in [6, 6.07) is 0. The maximum Gasteiger partial charge on any atom is 0.305 e. The predicted molar refractivity (Wildman–Crippen MR) is 62.9 cm³/mol.